The van der Waals surface area contributed by atoms with Gasteiger partial charge in [0.15, 0.2) is 0 Å². The summed E-state index contributed by atoms with van der Waals surface area (Å²) in [5.41, 5.74) is 0.910. The van der Waals surface area contributed by atoms with E-state index in [4.69, 9.17) is 0 Å². The minimum atomic E-state index is -3.36. The summed E-state index contributed by atoms with van der Waals surface area (Å²) < 4.78 is 27.7. The fourth-order valence-corrected chi connectivity index (χ4v) is 5.65. The summed E-state index contributed by atoms with van der Waals surface area (Å²) in [5.74, 6) is 0.568. The number of aromatic amines is 1. The molecule has 6 heteroatoms. The van der Waals surface area contributed by atoms with Gasteiger partial charge in [-0.05, 0) is 44.7 Å². The van der Waals surface area contributed by atoms with Crippen LogP contribution in [0.3, 0.4) is 0 Å². The molecule has 1 aromatic heterocycles. The topological polar surface area (TPSA) is 65.2 Å². The molecule has 0 bridgehead atoms. The van der Waals surface area contributed by atoms with Gasteiger partial charge in [-0.1, -0.05) is 12.8 Å². The number of nitrogens with zero attached hydrogens (tertiary/aromatic N) is 1. The van der Waals surface area contributed by atoms with Gasteiger partial charge in [-0.3, -0.25) is 0 Å². The van der Waals surface area contributed by atoms with Crippen molar-refractivity contribution in [3.63, 3.8) is 0 Å². The number of fused-ring (bicyclic) bond motifs is 1. The third-order valence-corrected chi connectivity index (χ3v) is 6.78. The standard InChI is InChI=1S/C15H25N3O2S/c1-16-10-13-9-14(11-17-13)21(19,20)18-8-4-6-12-5-2-3-7-15(12)18/h9,11-12,15-17H,2-8,10H2,1H3. The number of nitrogens with one attached hydrogen (secondary N) is 2. The highest BCUT2D eigenvalue weighted by Gasteiger charge is 2.40. The Hall–Kier alpha value is -0.850. The predicted molar refractivity (Wildman–Crippen MR) is 82.4 cm³/mol. The van der Waals surface area contributed by atoms with Crippen molar-refractivity contribution in [2.45, 2.75) is 56.0 Å². The Bertz CT molecular complexity index is 579. The minimum Gasteiger partial charge on any atom is -0.363 e. The molecule has 2 heterocycles. The molecule has 2 N–H and O–H groups in total. The third kappa shape index (κ3) is 2.89. The molecule has 21 heavy (non-hydrogen) atoms. The fraction of sp³-hybridized carbons (Fsp3) is 0.733. The summed E-state index contributed by atoms with van der Waals surface area (Å²) in [4.78, 5) is 3.47. The number of rotatable bonds is 4. The molecular formula is C15H25N3O2S. The van der Waals surface area contributed by atoms with Crippen molar-refractivity contribution >= 4 is 10.0 Å². The van der Waals surface area contributed by atoms with Crippen LogP contribution in [-0.2, 0) is 16.6 Å². The number of H-pyrrole nitrogens is 1. The summed E-state index contributed by atoms with van der Waals surface area (Å²) in [5, 5.41) is 3.03. The smallest absolute Gasteiger partial charge is 0.244 e. The predicted octanol–water partition coefficient (Wildman–Crippen LogP) is 2.08. The van der Waals surface area contributed by atoms with E-state index in [0.717, 1.165) is 25.0 Å². The van der Waals surface area contributed by atoms with Gasteiger partial charge in [0.25, 0.3) is 0 Å². The quantitative estimate of drug-likeness (QED) is 0.895. The van der Waals surface area contributed by atoms with E-state index in [1.54, 1.807) is 16.6 Å². The van der Waals surface area contributed by atoms with Gasteiger partial charge in [-0.2, -0.15) is 4.31 Å². The molecule has 0 radical (unpaired) electrons. The Balaban J connectivity index is 1.85. The van der Waals surface area contributed by atoms with Gasteiger partial charge >= 0.3 is 0 Å². The SMILES string of the molecule is CNCc1cc(S(=O)(=O)N2CCCC3CCCCC32)c[nH]1. The molecule has 1 aliphatic carbocycles. The summed E-state index contributed by atoms with van der Waals surface area (Å²) in [7, 11) is -1.50. The lowest BCUT2D eigenvalue weighted by Crippen LogP contribution is -2.49. The second-order valence-corrected chi connectivity index (χ2v) is 8.15. The average molecular weight is 311 g/mol. The summed E-state index contributed by atoms with van der Waals surface area (Å²) in [6, 6.07) is 1.98. The largest absolute Gasteiger partial charge is 0.363 e. The molecule has 3 rings (SSSR count). The Morgan fingerprint density at radius 3 is 2.86 bits per heavy atom. The highest BCUT2D eigenvalue weighted by atomic mass is 32.2. The first-order valence-electron chi connectivity index (χ1n) is 7.96. The maximum absolute atomic E-state index is 12.9. The lowest BCUT2D eigenvalue weighted by Gasteiger charge is -2.42. The van der Waals surface area contributed by atoms with Crippen LogP contribution in [0.25, 0.3) is 0 Å². The van der Waals surface area contributed by atoms with Gasteiger partial charge in [-0.25, -0.2) is 8.42 Å². The Morgan fingerprint density at radius 2 is 2.05 bits per heavy atom. The lowest BCUT2D eigenvalue weighted by molar-refractivity contribution is 0.129. The second-order valence-electron chi connectivity index (χ2n) is 6.26. The molecule has 2 atom stereocenters. The molecule has 2 fully saturated rings. The molecule has 0 spiro atoms. The van der Waals surface area contributed by atoms with Crippen molar-refractivity contribution in [3.8, 4) is 0 Å². The number of piperidine rings is 1. The van der Waals surface area contributed by atoms with E-state index in [1.807, 2.05) is 7.05 Å². The zero-order chi connectivity index (χ0) is 14.9. The van der Waals surface area contributed by atoms with Gasteiger partial charge in [-0.15, -0.1) is 0 Å². The minimum absolute atomic E-state index is 0.222. The number of sulfonamides is 1. The van der Waals surface area contributed by atoms with E-state index in [1.165, 1.54) is 19.3 Å². The van der Waals surface area contributed by atoms with E-state index in [-0.39, 0.29) is 6.04 Å². The first-order chi connectivity index (χ1) is 10.1. The Labute approximate surface area is 127 Å². The van der Waals surface area contributed by atoms with Crippen molar-refractivity contribution in [2.75, 3.05) is 13.6 Å². The maximum Gasteiger partial charge on any atom is 0.244 e. The van der Waals surface area contributed by atoms with Crippen LogP contribution in [0.5, 0.6) is 0 Å². The lowest BCUT2D eigenvalue weighted by atomic mass is 9.79. The fourth-order valence-electron chi connectivity index (χ4n) is 3.87. The van der Waals surface area contributed by atoms with Crippen LogP contribution in [-0.4, -0.2) is 37.3 Å². The van der Waals surface area contributed by atoms with E-state index in [2.05, 4.69) is 10.3 Å². The van der Waals surface area contributed by atoms with Crippen LogP contribution in [0.2, 0.25) is 0 Å². The van der Waals surface area contributed by atoms with Crippen LogP contribution in [0.4, 0.5) is 0 Å². The van der Waals surface area contributed by atoms with Crippen molar-refractivity contribution in [2.24, 2.45) is 5.92 Å². The molecule has 2 aliphatic rings. The first-order valence-corrected chi connectivity index (χ1v) is 9.40. The van der Waals surface area contributed by atoms with Crippen molar-refractivity contribution < 1.29 is 8.42 Å². The molecule has 0 amide bonds. The van der Waals surface area contributed by atoms with Gasteiger partial charge in [0.05, 0.1) is 4.90 Å². The molecule has 1 aliphatic heterocycles. The van der Waals surface area contributed by atoms with Crippen molar-refractivity contribution in [1.29, 1.82) is 0 Å². The number of hydrogen-bond donors (Lipinski definition) is 2. The second kappa shape index (κ2) is 6.10. The zero-order valence-corrected chi connectivity index (χ0v) is 13.5. The highest BCUT2D eigenvalue weighted by Crippen LogP contribution is 2.38. The van der Waals surface area contributed by atoms with Crippen LogP contribution in [0.15, 0.2) is 17.2 Å². The van der Waals surface area contributed by atoms with E-state index >= 15 is 0 Å². The van der Waals surface area contributed by atoms with Crippen LogP contribution >= 0.6 is 0 Å². The van der Waals surface area contributed by atoms with Crippen molar-refractivity contribution in [3.05, 3.63) is 18.0 Å². The summed E-state index contributed by atoms with van der Waals surface area (Å²) in [6.45, 7) is 1.33. The Kier molecular flexibility index (Phi) is 4.38. The van der Waals surface area contributed by atoms with Crippen LogP contribution in [0, 0.1) is 5.92 Å². The van der Waals surface area contributed by atoms with Crippen LogP contribution in [0.1, 0.15) is 44.2 Å². The molecular weight excluding hydrogens is 286 g/mol. The number of hydrogen-bond acceptors (Lipinski definition) is 3. The summed E-state index contributed by atoms with van der Waals surface area (Å²) in [6.07, 6.45) is 8.45. The maximum atomic E-state index is 12.9. The van der Waals surface area contributed by atoms with E-state index in [0.29, 0.717) is 23.9 Å². The van der Waals surface area contributed by atoms with Crippen LogP contribution < -0.4 is 5.32 Å². The van der Waals surface area contributed by atoms with Gasteiger partial charge in [0.2, 0.25) is 10.0 Å². The third-order valence-electron chi connectivity index (χ3n) is 4.88. The molecule has 1 saturated heterocycles. The number of aromatic nitrogens is 1. The molecule has 0 aromatic carbocycles. The van der Waals surface area contributed by atoms with E-state index < -0.39 is 10.0 Å². The summed E-state index contributed by atoms with van der Waals surface area (Å²) >= 11 is 0. The molecule has 118 valence electrons. The van der Waals surface area contributed by atoms with E-state index in [9.17, 15) is 8.42 Å². The molecule has 2 unspecified atom stereocenters. The zero-order valence-electron chi connectivity index (χ0n) is 12.6. The van der Waals surface area contributed by atoms with Gasteiger partial charge in [0, 0.05) is 31.0 Å². The first kappa shape index (κ1) is 15.1. The normalized spacial score (nSPS) is 27.5. The molecule has 5 nitrogen and oxygen atoms in total. The monoisotopic (exact) mass is 311 g/mol. The molecule has 1 saturated carbocycles. The van der Waals surface area contributed by atoms with Crippen molar-refractivity contribution in [1.82, 2.24) is 14.6 Å². The average Bonchev–Trinajstić information content (AvgIpc) is 2.96. The molecule has 1 aromatic rings. The highest BCUT2D eigenvalue weighted by molar-refractivity contribution is 7.89. The Morgan fingerprint density at radius 1 is 1.29 bits per heavy atom. The van der Waals surface area contributed by atoms with Gasteiger partial charge in [0.1, 0.15) is 0 Å². The van der Waals surface area contributed by atoms with Gasteiger partial charge < -0.3 is 10.3 Å².